The first-order valence-corrected chi connectivity index (χ1v) is 15.1. The van der Waals surface area contributed by atoms with Crippen LogP contribution in [0.15, 0.2) is 36.4 Å². The first-order valence-electron chi connectivity index (χ1n) is 15.1. The van der Waals surface area contributed by atoms with Crippen molar-refractivity contribution in [3.05, 3.63) is 36.4 Å². The smallest absolute Gasteiger partial charge is 0.246 e. The van der Waals surface area contributed by atoms with Crippen LogP contribution in [0.5, 0.6) is 5.75 Å². The second-order valence-electron chi connectivity index (χ2n) is 12.3. The number of hydrogen-bond acceptors (Lipinski definition) is 7. The van der Waals surface area contributed by atoms with Crippen molar-refractivity contribution in [1.82, 2.24) is 15.1 Å². The van der Waals surface area contributed by atoms with E-state index in [1.165, 1.54) is 0 Å². The highest BCUT2D eigenvalue weighted by Crippen LogP contribution is 2.55. The summed E-state index contributed by atoms with van der Waals surface area (Å²) in [7, 11) is 1.59. The number of methoxy groups -OCH3 is 1. The highest BCUT2D eigenvalue weighted by molar-refractivity contribution is 6.02. The summed E-state index contributed by atoms with van der Waals surface area (Å²) in [6.07, 6.45) is 6.33. The molecule has 2 N–H and O–H groups in total. The average Bonchev–Trinajstić information content (AvgIpc) is 3.62. The number of carbonyl (C=O) groups is 3. The molecule has 3 amide bonds. The van der Waals surface area contributed by atoms with Gasteiger partial charge >= 0.3 is 0 Å². The predicted octanol–water partition coefficient (Wildman–Crippen LogP) is 2.06. The third kappa shape index (κ3) is 5.04. The largest absolute Gasteiger partial charge is 0.497 e. The van der Waals surface area contributed by atoms with Crippen LogP contribution < -0.4 is 15.4 Å². The molecule has 8 atom stereocenters. The number of likely N-dealkylation sites (tertiary alicyclic amines) is 1. The zero-order valence-electron chi connectivity index (χ0n) is 24.2. The molecule has 1 aromatic carbocycles. The van der Waals surface area contributed by atoms with Gasteiger partial charge in [0.2, 0.25) is 17.7 Å². The molecule has 4 aliphatic heterocycles. The summed E-state index contributed by atoms with van der Waals surface area (Å²) in [5, 5.41) is 6.29. The summed E-state index contributed by atoms with van der Waals surface area (Å²) in [4.78, 5) is 46.0. The first-order chi connectivity index (χ1) is 19.8. The molecule has 10 heteroatoms. The molecule has 41 heavy (non-hydrogen) atoms. The van der Waals surface area contributed by atoms with E-state index in [9.17, 15) is 14.4 Å². The zero-order valence-corrected chi connectivity index (χ0v) is 24.2. The highest BCUT2D eigenvalue weighted by atomic mass is 16.5. The normalized spacial score (nSPS) is 36.3. The van der Waals surface area contributed by atoms with Gasteiger partial charge in [-0.05, 0) is 42.5 Å². The number of morpholine rings is 1. The number of amides is 3. The maximum atomic E-state index is 14.2. The van der Waals surface area contributed by atoms with Crippen molar-refractivity contribution in [2.24, 2.45) is 23.7 Å². The summed E-state index contributed by atoms with van der Waals surface area (Å²) in [6, 6.07) is 6.31. The summed E-state index contributed by atoms with van der Waals surface area (Å²) in [5.41, 5.74) is -0.552. The fourth-order valence-corrected chi connectivity index (χ4v) is 7.53. The Morgan fingerprint density at radius 2 is 1.83 bits per heavy atom. The Bertz CT molecular complexity index is 1180. The number of ether oxygens (including phenoxy) is 3. The Hall–Kier alpha value is -2.95. The Kier molecular flexibility index (Phi) is 7.82. The molecule has 2 bridgehead atoms. The molecule has 1 saturated carbocycles. The molecular formula is C31H42N4O6. The summed E-state index contributed by atoms with van der Waals surface area (Å²) < 4.78 is 17.2. The van der Waals surface area contributed by atoms with Crippen molar-refractivity contribution < 1.29 is 28.6 Å². The number of carbonyl (C=O) groups excluding carboxylic acids is 3. The quantitative estimate of drug-likeness (QED) is 0.464. The van der Waals surface area contributed by atoms with Gasteiger partial charge in [0.25, 0.3) is 0 Å². The van der Waals surface area contributed by atoms with Crippen LogP contribution in [0.1, 0.15) is 33.1 Å². The SMILES string of the molecule is COc1ccc(NC(=O)[C@@H]2[C@@H]3C=C[C@]4(O3)[C@@H]2C(=O)N(CCN2CCOCC2)[C@H]4C(=O)N[C@@H]2CCC[C@@H](C)[C@H]2C)cc1. The Morgan fingerprint density at radius 3 is 2.56 bits per heavy atom. The van der Waals surface area contributed by atoms with Crippen LogP contribution in [0.4, 0.5) is 5.69 Å². The van der Waals surface area contributed by atoms with Crippen molar-refractivity contribution in [2.45, 2.75) is 56.9 Å². The van der Waals surface area contributed by atoms with E-state index in [2.05, 4.69) is 29.4 Å². The van der Waals surface area contributed by atoms with Crippen molar-refractivity contribution in [3.8, 4) is 5.75 Å². The number of rotatable bonds is 8. The lowest BCUT2D eigenvalue weighted by atomic mass is 9.73. The van der Waals surface area contributed by atoms with Crippen LogP contribution in [0, 0.1) is 23.7 Å². The van der Waals surface area contributed by atoms with Gasteiger partial charge in [-0.3, -0.25) is 19.3 Å². The number of benzene rings is 1. The molecule has 0 radical (unpaired) electrons. The number of anilines is 1. The van der Waals surface area contributed by atoms with Gasteiger partial charge in [0.15, 0.2) is 0 Å². The summed E-state index contributed by atoms with van der Waals surface area (Å²) in [6.45, 7) is 8.35. The molecule has 6 rings (SSSR count). The standard InChI is InChI=1S/C31H42N4O6/c1-19-5-4-6-23(20(19)2)33-29(37)27-31-12-11-24(41-31)25(28(36)32-21-7-9-22(39-3)10-8-21)26(31)30(38)35(27)14-13-34-15-17-40-18-16-34/h7-12,19-20,23-27H,4-6,13-18H2,1-3H3,(H,32,36)(H,33,37)/t19-,20-,23-,24+,25-,26+,27+,31+/m1/s1. The van der Waals surface area contributed by atoms with Crippen LogP contribution >= 0.6 is 0 Å². The van der Waals surface area contributed by atoms with Crippen molar-refractivity contribution in [3.63, 3.8) is 0 Å². The molecule has 0 aromatic heterocycles. The molecule has 5 aliphatic rings. The van der Waals surface area contributed by atoms with Crippen molar-refractivity contribution in [2.75, 3.05) is 51.8 Å². The molecule has 0 unspecified atom stereocenters. The number of nitrogens with zero attached hydrogens (tertiary/aromatic N) is 2. The topological polar surface area (TPSA) is 109 Å². The number of fused-ring (bicyclic) bond motifs is 1. The minimum absolute atomic E-state index is 0.0506. The Morgan fingerprint density at radius 1 is 1.07 bits per heavy atom. The van der Waals surface area contributed by atoms with Gasteiger partial charge in [0.05, 0.1) is 38.3 Å². The van der Waals surface area contributed by atoms with Gasteiger partial charge in [-0.15, -0.1) is 0 Å². The fraction of sp³-hybridized carbons (Fsp3) is 0.645. The molecule has 10 nitrogen and oxygen atoms in total. The highest BCUT2D eigenvalue weighted by Gasteiger charge is 2.72. The molecule has 1 aromatic rings. The fourth-order valence-electron chi connectivity index (χ4n) is 7.53. The van der Waals surface area contributed by atoms with Gasteiger partial charge in [0.1, 0.15) is 17.4 Å². The van der Waals surface area contributed by atoms with Crippen LogP contribution in [0.25, 0.3) is 0 Å². The van der Waals surface area contributed by atoms with Crippen LogP contribution in [-0.4, -0.2) is 97.8 Å². The predicted molar refractivity (Wildman–Crippen MR) is 152 cm³/mol. The average molecular weight is 567 g/mol. The maximum absolute atomic E-state index is 14.2. The molecule has 1 aliphatic carbocycles. The monoisotopic (exact) mass is 566 g/mol. The van der Waals surface area contributed by atoms with Gasteiger partial charge < -0.3 is 29.7 Å². The van der Waals surface area contributed by atoms with E-state index in [-0.39, 0.29) is 23.8 Å². The van der Waals surface area contributed by atoms with Gasteiger partial charge in [-0.2, -0.15) is 0 Å². The second-order valence-corrected chi connectivity index (χ2v) is 12.3. The minimum atomic E-state index is -1.16. The second kappa shape index (κ2) is 11.4. The van der Waals surface area contributed by atoms with Crippen LogP contribution in [0.2, 0.25) is 0 Å². The van der Waals surface area contributed by atoms with Crippen molar-refractivity contribution in [1.29, 1.82) is 0 Å². The lowest BCUT2D eigenvalue weighted by Crippen LogP contribution is -2.58. The third-order valence-electron chi connectivity index (χ3n) is 10.1. The van der Waals surface area contributed by atoms with E-state index in [4.69, 9.17) is 14.2 Å². The van der Waals surface area contributed by atoms with Gasteiger partial charge in [-0.1, -0.05) is 38.8 Å². The van der Waals surface area contributed by atoms with Crippen LogP contribution in [-0.2, 0) is 23.9 Å². The Labute approximate surface area is 241 Å². The van der Waals surface area contributed by atoms with E-state index in [0.717, 1.165) is 32.4 Å². The van der Waals surface area contributed by atoms with E-state index in [1.807, 2.05) is 12.2 Å². The van der Waals surface area contributed by atoms with E-state index in [1.54, 1.807) is 36.3 Å². The van der Waals surface area contributed by atoms with Gasteiger partial charge in [-0.25, -0.2) is 0 Å². The lowest BCUT2D eigenvalue weighted by molar-refractivity contribution is -0.142. The number of nitrogens with one attached hydrogen (secondary N) is 2. The molecule has 4 heterocycles. The summed E-state index contributed by atoms with van der Waals surface area (Å²) >= 11 is 0. The van der Waals surface area contributed by atoms with Crippen molar-refractivity contribution >= 4 is 23.4 Å². The van der Waals surface area contributed by atoms with E-state index in [0.29, 0.717) is 49.6 Å². The first kappa shape index (κ1) is 28.2. The van der Waals surface area contributed by atoms with Crippen LogP contribution in [0.3, 0.4) is 0 Å². The molecule has 1 spiro atoms. The molecule has 4 fully saturated rings. The van der Waals surface area contributed by atoms with E-state index < -0.39 is 29.6 Å². The lowest BCUT2D eigenvalue weighted by Gasteiger charge is -2.38. The molecule has 3 saturated heterocycles. The third-order valence-corrected chi connectivity index (χ3v) is 10.1. The van der Waals surface area contributed by atoms with Gasteiger partial charge in [0, 0.05) is 37.9 Å². The Balaban J connectivity index is 1.26. The summed E-state index contributed by atoms with van der Waals surface area (Å²) in [5.74, 6) is -0.600. The zero-order chi connectivity index (χ0) is 28.7. The van der Waals surface area contributed by atoms with E-state index >= 15 is 0 Å². The number of hydrogen-bond donors (Lipinski definition) is 2. The minimum Gasteiger partial charge on any atom is -0.497 e. The molecule has 222 valence electrons. The maximum Gasteiger partial charge on any atom is 0.246 e. The molecular weight excluding hydrogens is 524 g/mol.